The Kier molecular flexibility index (Phi) is 14.8. The Morgan fingerprint density at radius 2 is 0.944 bits per heavy atom. The molecule has 290 valence electrons. The molecule has 0 aliphatic heterocycles. The van der Waals surface area contributed by atoms with E-state index in [1.54, 1.807) is 48.5 Å². The largest absolute Gasteiger partial charge is 0.458 e. The van der Waals surface area contributed by atoms with Crippen molar-refractivity contribution in [3.8, 4) is 0 Å². The predicted molar refractivity (Wildman–Crippen MR) is 189 cm³/mol. The summed E-state index contributed by atoms with van der Waals surface area (Å²) >= 11 is 0. The van der Waals surface area contributed by atoms with E-state index < -0.39 is 47.6 Å². The van der Waals surface area contributed by atoms with Gasteiger partial charge in [-0.05, 0) is 97.5 Å². The highest BCUT2D eigenvalue weighted by atomic mass is 19.4. The van der Waals surface area contributed by atoms with Crippen LogP contribution in [0.15, 0.2) is 97.1 Å². The number of alkyl halides is 6. The molecular formula is C40H42F6N2O6. The molecule has 14 heteroatoms. The molecule has 0 radical (unpaired) electrons. The van der Waals surface area contributed by atoms with Crippen molar-refractivity contribution in [1.29, 1.82) is 0 Å². The molecule has 0 saturated carbocycles. The minimum Gasteiger partial charge on any atom is -0.458 e. The Hall–Kier alpha value is -4.76. The second-order valence-electron chi connectivity index (χ2n) is 13.0. The lowest BCUT2D eigenvalue weighted by Crippen LogP contribution is -2.32. The molecule has 0 aliphatic carbocycles. The van der Waals surface area contributed by atoms with Crippen LogP contribution in [-0.2, 0) is 34.7 Å². The van der Waals surface area contributed by atoms with Crippen LogP contribution in [-0.4, -0.2) is 60.5 Å². The van der Waals surface area contributed by atoms with Gasteiger partial charge in [-0.1, -0.05) is 48.5 Å². The Bertz CT molecular complexity index is 1680. The number of carbonyl (C=O) groups is 2. The van der Waals surface area contributed by atoms with Gasteiger partial charge in [0.2, 0.25) is 0 Å². The van der Waals surface area contributed by atoms with Crippen LogP contribution in [0.5, 0.6) is 0 Å². The Balaban J connectivity index is 1.13. The molecule has 0 bridgehead atoms. The summed E-state index contributed by atoms with van der Waals surface area (Å²) in [6.45, 7) is 3.48. The lowest BCUT2D eigenvalue weighted by Gasteiger charge is -2.18. The molecule has 0 spiro atoms. The zero-order valence-electron chi connectivity index (χ0n) is 29.6. The van der Waals surface area contributed by atoms with Crippen LogP contribution in [0.25, 0.3) is 0 Å². The minimum absolute atomic E-state index is 0.0475. The van der Waals surface area contributed by atoms with Gasteiger partial charge < -0.3 is 30.3 Å². The third-order valence-corrected chi connectivity index (χ3v) is 8.53. The fraction of sp³-hybridized carbons (Fsp3) is 0.350. The fourth-order valence-electron chi connectivity index (χ4n) is 5.55. The van der Waals surface area contributed by atoms with Gasteiger partial charge in [-0.25, -0.2) is 9.59 Å². The molecule has 54 heavy (non-hydrogen) atoms. The molecule has 4 N–H and O–H groups in total. The summed E-state index contributed by atoms with van der Waals surface area (Å²) in [5, 5.41) is 27.0. The maximum absolute atomic E-state index is 13.0. The Morgan fingerprint density at radius 3 is 1.28 bits per heavy atom. The first kappa shape index (κ1) is 42.0. The number of hydrogen-bond donors (Lipinski definition) is 4. The molecule has 4 aromatic carbocycles. The first-order valence-corrected chi connectivity index (χ1v) is 17.2. The van der Waals surface area contributed by atoms with E-state index in [9.17, 15) is 46.1 Å². The topological polar surface area (TPSA) is 117 Å². The lowest BCUT2D eigenvalue weighted by atomic mass is 10.0. The molecule has 0 unspecified atom stereocenters. The smallest absolute Gasteiger partial charge is 0.416 e. The summed E-state index contributed by atoms with van der Waals surface area (Å²) in [6, 6.07) is 22.2. The van der Waals surface area contributed by atoms with E-state index in [2.05, 4.69) is 10.6 Å². The number of benzene rings is 4. The highest BCUT2D eigenvalue weighted by Gasteiger charge is 2.32. The minimum atomic E-state index is -4.50. The summed E-state index contributed by atoms with van der Waals surface area (Å²) in [5.41, 5.74) is 0.986. The molecule has 4 aromatic rings. The third-order valence-electron chi connectivity index (χ3n) is 8.53. The number of hydrogen-bond acceptors (Lipinski definition) is 8. The Labute approximate surface area is 309 Å². The second kappa shape index (κ2) is 19.0. The van der Waals surface area contributed by atoms with Crippen LogP contribution in [0.4, 0.5) is 26.3 Å². The predicted octanol–water partition coefficient (Wildman–Crippen LogP) is 7.25. The van der Waals surface area contributed by atoms with Gasteiger partial charge in [0, 0.05) is 25.2 Å². The van der Waals surface area contributed by atoms with Crippen molar-refractivity contribution < 1.29 is 55.6 Å². The summed E-state index contributed by atoms with van der Waals surface area (Å²) in [7, 11) is 0. The number of ether oxygens (including phenoxy) is 2. The van der Waals surface area contributed by atoms with E-state index in [1.165, 1.54) is 24.3 Å². The molecule has 4 atom stereocenters. The van der Waals surface area contributed by atoms with Crippen molar-refractivity contribution in [3.63, 3.8) is 0 Å². The number of carbonyl (C=O) groups excluding carboxylic acids is 2. The van der Waals surface area contributed by atoms with Crippen LogP contribution in [0, 0.1) is 0 Å². The van der Waals surface area contributed by atoms with Crippen molar-refractivity contribution >= 4 is 11.9 Å². The highest BCUT2D eigenvalue weighted by Crippen LogP contribution is 2.32. The number of aliphatic hydroxyl groups excluding tert-OH is 2. The van der Waals surface area contributed by atoms with Crippen LogP contribution in [0.2, 0.25) is 0 Å². The molecule has 0 aromatic heterocycles. The molecule has 0 aliphatic rings. The van der Waals surface area contributed by atoms with Gasteiger partial charge in [0.25, 0.3) is 0 Å². The van der Waals surface area contributed by atoms with Gasteiger partial charge in [0.05, 0.1) is 34.5 Å². The van der Waals surface area contributed by atoms with Gasteiger partial charge in [0.15, 0.2) is 0 Å². The standard InChI is InChI=1S/C40H42F6N2O6/c1-25(47-23-35(49)31-5-3-7-33(21-31)39(41,42)43)19-27-9-13-29(14-10-27)37(51)53-17-18-54-38(52)30-15-11-28(12-16-30)20-26(2)48-24-36(50)32-6-4-8-34(22-32)40(44,45)46/h3-16,21-22,25-26,35-36,47-50H,17-20,23-24H2,1-2H3/t25-,26-,35+,36+/m1/s1. The molecule has 8 nitrogen and oxygen atoms in total. The number of esters is 2. The number of nitrogens with one attached hydrogen (secondary N) is 2. The van der Waals surface area contributed by atoms with Crippen molar-refractivity contribution in [3.05, 3.63) is 142 Å². The maximum Gasteiger partial charge on any atom is 0.416 e. The average molecular weight is 761 g/mol. The van der Waals surface area contributed by atoms with Crippen LogP contribution in [0.1, 0.15) is 80.2 Å². The summed E-state index contributed by atoms with van der Waals surface area (Å²) in [5.74, 6) is -1.22. The van der Waals surface area contributed by atoms with E-state index in [0.717, 1.165) is 35.4 Å². The average Bonchev–Trinajstić information content (AvgIpc) is 3.14. The van der Waals surface area contributed by atoms with Crippen molar-refractivity contribution in [1.82, 2.24) is 10.6 Å². The second-order valence-corrected chi connectivity index (χ2v) is 13.0. The Morgan fingerprint density at radius 1 is 0.593 bits per heavy atom. The van der Waals surface area contributed by atoms with E-state index in [0.29, 0.717) is 12.8 Å². The molecular weight excluding hydrogens is 718 g/mol. The quantitative estimate of drug-likeness (QED) is 0.0506. The van der Waals surface area contributed by atoms with E-state index in [4.69, 9.17) is 9.47 Å². The van der Waals surface area contributed by atoms with Crippen molar-refractivity contribution in [2.45, 2.75) is 63.3 Å². The highest BCUT2D eigenvalue weighted by molar-refractivity contribution is 5.90. The normalized spacial score (nSPS) is 14.2. The zero-order valence-corrected chi connectivity index (χ0v) is 29.6. The van der Waals surface area contributed by atoms with E-state index >= 15 is 0 Å². The van der Waals surface area contributed by atoms with E-state index in [-0.39, 0.29) is 60.6 Å². The summed E-state index contributed by atoms with van der Waals surface area (Å²) in [6.07, 6.45) is -10.2. The lowest BCUT2D eigenvalue weighted by molar-refractivity contribution is -0.138. The van der Waals surface area contributed by atoms with Crippen molar-refractivity contribution in [2.24, 2.45) is 0 Å². The third kappa shape index (κ3) is 13.0. The maximum atomic E-state index is 13.0. The monoisotopic (exact) mass is 760 g/mol. The zero-order chi connectivity index (χ0) is 39.5. The van der Waals surface area contributed by atoms with Crippen LogP contribution in [0.3, 0.4) is 0 Å². The van der Waals surface area contributed by atoms with Gasteiger partial charge in [-0.2, -0.15) is 26.3 Å². The molecule has 0 fully saturated rings. The van der Waals surface area contributed by atoms with Gasteiger partial charge in [-0.3, -0.25) is 0 Å². The number of aliphatic hydroxyl groups is 2. The molecule has 4 rings (SSSR count). The molecule has 0 heterocycles. The SMILES string of the molecule is C[C@H](Cc1ccc(C(=O)OCCOC(=O)c2ccc(C[C@@H](C)NC[C@H](O)c3cccc(C(F)(F)F)c3)cc2)cc1)NC[C@H](O)c1cccc(C(F)(F)F)c1. The molecule has 0 saturated heterocycles. The van der Waals surface area contributed by atoms with E-state index in [1.807, 2.05) is 13.8 Å². The van der Waals surface area contributed by atoms with Gasteiger partial charge in [0.1, 0.15) is 13.2 Å². The number of rotatable bonds is 17. The molecule has 0 amide bonds. The van der Waals surface area contributed by atoms with Crippen molar-refractivity contribution in [2.75, 3.05) is 26.3 Å². The first-order valence-electron chi connectivity index (χ1n) is 17.2. The van der Waals surface area contributed by atoms with Gasteiger partial charge >= 0.3 is 24.3 Å². The summed E-state index contributed by atoms with van der Waals surface area (Å²) < 4.78 is 88.4. The summed E-state index contributed by atoms with van der Waals surface area (Å²) in [4.78, 5) is 25.0. The van der Waals surface area contributed by atoms with Crippen LogP contribution >= 0.6 is 0 Å². The van der Waals surface area contributed by atoms with Crippen LogP contribution < -0.4 is 10.6 Å². The van der Waals surface area contributed by atoms with Gasteiger partial charge in [-0.15, -0.1) is 0 Å². The first-order chi connectivity index (χ1) is 25.5. The number of halogens is 6. The fourth-order valence-corrected chi connectivity index (χ4v) is 5.55.